The van der Waals surface area contributed by atoms with Gasteiger partial charge in [-0.25, -0.2) is 4.79 Å². The normalized spacial score (nSPS) is 11.4. The minimum Gasteiger partial charge on any atom is -0.497 e. The van der Waals surface area contributed by atoms with Crippen LogP contribution in [0.1, 0.15) is 15.9 Å². The average Bonchev–Trinajstić information content (AvgIpc) is 2.60. The van der Waals surface area contributed by atoms with Gasteiger partial charge in [0.05, 0.1) is 31.0 Å². The SMILES string of the molecule is COC(=O)c1ccccc1N=NNc1cc(OC)cc(C(F)(F)F)c1. The summed E-state index contributed by atoms with van der Waals surface area (Å²) in [6, 6.07) is 9.34. The molecule has 0 aliphatic heterocycles. The van der Waals surface area contributed by atoms with Gasteiger partial charge in [0.25, 0.3) is 0 Å². The van der Waals surface area contributed by atoms with E-state index in [1.165, 1.54) is 32.4 Å². The molecule has 0 radical (unpaired) electrons. The summed E-state index contributed by atoms with van der Waals surface area (Å²) in [6.45, 7) is 0. The lowest BCUT2D eigenvalue weighted by Gasteiger charge is -2.11. The first kappa shape index (κ1) is 18.2. The third-order valence-electron chi connectivity index (χ3n) is 3.12. The fraction of sp³-hybridized carbons (Fsp3) is 0.188. The third kappa shape index (κ3) is 4.69. The van der Waals surface area contributed by atoms with Crippen LogP contribution in [0.4, 0.5) is 24.5 Å². The Morgan fingerprint density at radius 2 is 1.84 bits per heavy atom. The molecule has 2 aromatic carbocycles. The molecule has 9 heteroatoms. The molecular weight excluding hydrogens is 339 g/mol. The van der Waals surface area contributed by atoms with Gasteiger partial charge in [0.2, 0.25) is 0 Å². The van der Waals surface area contributed by atoms with Crippen LogP contribution in [-0.4, -0.2) is 20.2 Å². The lowest BCUT2D eigenvalue weighted by atomic mass is 10.2. The molecule has 0 bridgehead atoms. The van der Waals surface area contributed by atoms with Gasteiger partial charge in [-0.2, -0.15) is 13.2 Å². The fourth-order valence-corrected chi connectivity index (χ4v) is 1.93. The van der Waals surface area contributed by atoms with E-state index in [0.29, 0.717) is 0 Å². The van der Waals surface area contributed by atoms with E-state index >= 15 is 0 Å². The van der Waals surface area contributed by atoms with E-state index in [2.05, 4.69) is 20.5 Å². The van der Waals surface area contributed by atoms with E-state index in [-0.39, 0.29) is 22.7 Å². The van der Waals surface area contributed by atoms with Crippen LogP contribution < -0.4 is 10.2 Å². The predicted molar refractivity (Wildman–Crippen MR) is 83.9 cm³/mol. The summed E-state index contributed by atoms with van der Waals surface area (Å²) in [4.78, 5) is 11.6. The average molecular weight is 353 g/mol. The van der Waals surface area contributed by atoms with E-state index in [1.807, 2.05) is 0 Å². The Kier molecular flexibility index (Phi) is 5.58. The van der Waals surface area contributed by atoms with E-state index in [4.69, 9.17) is 4.74 Å². The highest BCUT2D eigenvalue weighted by molar-refractivity contribution is 5.94. The molecule has 0 fully saturated rings. The van der Waals surface area contributed by atoms with Gasteiger partial charge in [-0.05, 0) is 24.3 Å². The molecule has 6 nitrogen and oxygen atoms in total. The van der Waals surface area contributed by atoms with Crippen molar-refractivity contribution in [3.8, 4) is 5.75 Å². The molecule has 0 saturated heterocycles. The number of carbonyl (C=O) groups excluding carboxylic acids is 1. The van der Waals surface area contributed by atoms with Gasteiger partial charge < -0.3 is 9.47 Å². The standard InChI is InChI=1S/C16H14F3N3O3/c1-24-12-8-10(16(17,18)19)7-11(9-12)20-22-21-14-6-4-3-5-13(14)15(23)25-2/h3-9H,1-2H3,(H,20,21). The van der Waals surface area contributed by atoms with Crippen LogP contribution in [0, 0.1) is 0 Å². The Hall–Kier alpha value is -3.10. The van der Waals surface area contributed by atoms with Crippen molar-refractivity contribution in [2.45, 2.75) is 6.18 Å². The quantitative estimate of drug-likeness (QED) is 0.484. The summed E-state index contributed by atoms with van der Waals surface area (Å²) in [6.07, 6.45) is -4.53. The van der Waals surface area contributed by atoms with Crippen LogP contribution in [0.3, 0.4) is 0 Å². The number of halogens is 3. The summed E-state index contributed by atoms with van der Waals surface area (Å²) in [5.74, 6) is -0.585. The van der Waals surface area contributed by atoms with Crippen LogP contribution in [0.25, 0.3) is 0 Å². The van der Waals surface area contributed by atoms with Gasteiger partial charge in [-0.15, -0.1) is 5.11 Å². The topological polar surface area (TPSA) is 72.3 Å². The van der Waals surface area contributed by atoms with Crippen LogP contribution in [-0.2, 0) is 10.9 Å². The molecule has 0 spiro atoms. The second-order valence-corrected chi connectivity index (χ2v) is 4.77. The highest BCUT2D eigenvalue weighted by Gasteiger charge is 2.31. The smallest absolute Gasteiger partial charge is 0.416 e. The van der Waals surface area contributed by atoms with Gasteiger partial charge >= 0.3 is 12.1 Å². The maximum atomic E-state index is 12.9. The fourth-order valence-electron chi connectivity index (χ4n) is 1.93. The van der Waals surface area contributed by atoms with Crippen LogP contribution in [0.2, 0.25) is 0 Å². The maximum Gasteiger partial charge on any atom is 0.416 e. The lowest BCUT2D eigenvalue weighted by molar-refractivity contribution is -0.137. The molecule has 0 aliphatic carbocycles. The number of hydrogen-bond donors (Lipinski definition) is 1. The molecule has 0 unspecified atom stereocenters. The number of ether oxygens (including phenoxy) is 2. The van der Waals surface area contributed by atoms with E-state index in [0.717, 1.165) is 12.1 Å². The number of rotatable bonds is 5. The number of carbonyl (C=O) groups is 1. The van der Waals surface area contributed by atoms with Crippen LogP contribution >= 0.6 is 0 Å². The Labute approximate surface area is 141 Å². The zero-order valence-corrected chi connectivity index (χ0v) is 13.3. The van der Waals surface area contributed by atoms with E-state index in [9.17, 15) is 18.0 Å². The molecule has 1 N–H and O–H groups in total. The largest absolute Gasteiger partial charge is 0.497 e. The molecule has 0 atom stereocenters. The molecule has 0 heterocycles. The Balaban J connectivity index is 2.24. The third-order valence-corrected chi connectivity index (χ3v) is 3.12. The summed E-state index contributed by atoms with van der Waals surface area (Å²) in [7, 11) is 2.48. The highest BCUT2D eigenvalue weighted by Crippen LogP contribution is 2.34. The van der Waals surface area contributed by atoms with Crippen molar-refractivity contribution in [2.75, 3.05) is 19.6 Å². The molecular formula is C16H14F3N3O3. The van der Waals surface area contributed by atoms with Crippen LogP contribution in [0.15, 0.2) is 52.8 Å². The number of alkyl halides is 3. The molecule has 0 aromatic heterocycles. The summed E-state index contributed by atoms with van der Waals surface area (Å²) >= 11 is 0. The van der Waals surface area contributed by atoms with Crippen molar-refractivity contribution >= 4 is 17.3 Å². The Bertz CT molecular complexity index is 792. The molecule has 0 saturated carbocycles. The zero-order chi connectivity index (χ0) is 18.4. The number of esters is 1. The van der Waals surface area contributed by atoms with Crippen molar-refractivity contribution in [3.63, 3.8) is 0 Å². The summed E-state index contributed by atoms with van der Waals surface area (Å²) < 4.78 is 48.1. The molecule has 2 aromatic rings. The van der Waals surface area contributed by atoms with Crippen molar-refractivity contribution in [1.29, 1.82) is 0 Å². The summed E-state index contributed by atoms with van der Waals surface area (Å²) in [5.41, 5.74) is 1.92. The number of benzene rings is 2. The van der Waals surface area contributed by atoms with E-state index < -0.39 is 17.7 Å². The second-order valence-electron chi connectivity index (χ2n) is 4.77. The second kappa shape index (κ2) is 7.65. The zero-order valence-electron chi connectivity index (χ0n) is 13.3. The lowest BCUT2D eigenvalue weighted by Crippen LogP contribution is -2.06. The monoisotopic (exact) mass is 353 g/mol. The summed E-state index contributed by atoms with van der Waals surface area (Å²) in [5, 5.41) is 7.44. The van der Waals surface area contributed by atoms with Crippen molar-refractivity contribution < 1.29 is 27.4 Å². The molecule has 25 heavy (non-hydrogen) atoms. The van der Waals surface area contributed by atoms with Gasteiger partial charge in [-0.1, -0.05) is 17.4 Å². The van der Waals surface area contributed by atoms with E-state index in [1.54, 1.807) is 12.1 Å². The molecule has 132 valence electrons. The Morgan fingerprint density at radius 1 is 1.12 bits per heavy atom. The number of methoxy groups -OCH3 is 2. The molecule has 0 aliphatic rings. The van der Waals surface area contributed by atoms with Crippen molar-refractivity contribution in [1.82, 2.24) is 0 Å². The molecule has 0 amide bonds. The van der Waals surface area contributed by atoms with Gasteiger partial charge in [0, 0.05) is 6.07 Å². The van der Waals surface area contributed by atoms with Gasteiger partial charge in [-0.3, -0.25) is 5.43 Å². The first-order valence-electron chi connectivity index (χ1n) is 6.95. The van der Waals surface area contributed by atoms with Crippen molar-refractivity contribution in [3.05, 3.63) is 53.6 Å². The van der Waals surface area contributed by atoms with Crippen molar-refractivity contribution in [2.24, 2.45) is 10.3 Å². The minimum atomic E-state index is -4.53. The van der Waals surface area contributed by atoms with Gasteiger partial charge in [0.1, 0.15) is 11.4 Å². The maximum absolute atomic E-state index is 12.9. The van der Waals surface area contributed by atoms with Gasteiger partial charge in [0.15, 0.2) is 0 Å². The molecule has 2 rings (SSSR count). The number of hydrogen-bond acceptors (Lipinski definition) is 5. The van der Waals surface area contributed by atoms with Crippen LogP contribution in [0.5, 0.6) is 5.75 Å². The first-order valence-corrected chi connectivity index (χ1v) is 6.95. The number of anilines is 1. The minimum absolute atomic E-state index is 0.0162. The number of nitrogens with zero attached hydrogens (tertiary/aromatic N) is 2. The highest BCUT2D eigenvalue weighted by atomic mass is 19.4. The number of nitrogens with one attached hydrogen (secondary N) is 1. The predicted octanol–water partition coefficient (Wildman–Crippen LogP) is 4.61. The first-order chi connectivity index (χ1) is 11.8. The Morgan fingerprint density at radius 3 is 2.48 bits per heavy atom.